The largest absolute Gasteiger partial charge is 0.497 e. The van der Waals surface area contributed by atoms with Crippen LogP contribution in [0.5, 0.6) is 5.75 Å². The van der Waals surface area contributed by atoms with E-state index in [0.29, 0.717) is 0 Å². The number of carbonyl (C=O) groups is 1. The molecule has 128 valence electrons. The van der Waals surface area contributed by atoms with E-state index in [-0.39, 0.29) is 12.3 Å². The molecular weight excluding hydrogens is 316 g/mol. The Morgan fingerprint density at radius 3 is 2.84 bits per heavy atom. The lowest BCUT2D eigenvalue weighted by Crippen LogP contribution is -2.14. The fourth-order valence-corrected chi connectivity index (χ4v) is 2.62. The highest BCUT2D eigenvalue weighted by molar-refractivity contribution is 5.92. The monoisotopic (exact) mass is 336 g/mol. The van der Waals surface area contributed by atoms with Gasteiger partial charge in [-0.25, -0.2) is 0 Å². The summed E-state index contributed by atoms with van der Waals surface area (Å²) < 4.78 is 7.14. The molecule has 0 aliphatic rings. The van der Waals surface area contributed by atoms with Gasteiger partial charge in [-0.15, -0.1) is 10.2 Å². The number of anilines is 1. The van der Waals surface area contributed by atoms with Crippen LogP contribution < -0.4 is 10.1 Å². The smallest absolute Gasteiger partial charge is 0.228 e. The van der Waals surface area contributed by atoms with Crippen LogP contribution >= 0.6 is 0 Å². The van der Waals surface area contributed by atoms with E-state index >= 15 is 0 Å². The van der Waals surface area contributed by atoms with Gasteiger partial charge in [0, 0.05) is 17.8 Å². The average molecular weight is 336 g/mol. The molecule has 6 nitrogen and oxygen atoms in total. The van der Waals surface area contributed by atoms with Crippen LogP contribution in [0.15, 0.2) is 54.9 Å². The Kier molecular flexibility index (Phi) is 5.09. The van der Waals surface area contributed by atoms with E-state index in [1.807, 2.05) is 60.0 Å². The maximum atomic E-state index is 12.3. The normalized spacial score (nSPS) is 10.5. The molecule has 2 aromatic carbocycles. The minimum atomic E-state index is -0.0811. The number of aryl methyl sites for hydroxylation is 1. The van der Waals surface area contributed by atoms with Crippen LogP contribution in [-0.2, 0) is 17.8 Å². The van der Waals surface area contributed by atoms with Gasteiger partial charge in [0.2, 0.25) is 5.91 Å². The minimum absolute atomic E-state index is 0.0811. The lowest BCUT2D eigenvalue weighted by Gasteiger charge is -2.09. The molecule has 1 amide bonds. The molecule has 25 heavy (non-hydrogen) atoms. The molecular formula is C19H20N4O2. The van der Waals surface area contributed by atoms with Crippen molar-refractivity contribution in [1.82, 2.24) is 14.8 Å². The molecule has 1 aromatic heterocycles. The van der Waals surface area contributed by atoms with Gasteiger partial charge in [-0.05, 0) is 36.8 Å². The molecule has 3 rings (SSSR count). The minimum Gasteiger partial charge on any atom is -0.497 e. The van der Waals surface area contributed by atoms with Gasteiger partial charge in [0.25, 0.3) is 0 Å². The number of rotatable bonds is 6. The quantitative estimate of drug-likeness (QED) is 0.751. The number of benzene rings is 2. The van der Waals surface area contributed by atoms with E-state index in [9.17, 15) is 4.79 Å². The van der Waals surface area contributed by atoms with Crippen LogP contribution in [0.4, 0.5) is 5.69 Å². The van der Waals surface area contributed by atoms with Crippen molar-refractivity contribution in [3.63, 3.8) is 0 Å². The second-order valence-corrected chi connectivity index (χ2v) is 5.60. The lowest BCUT2D eigenvalue weighted by molar-refractivity contribution is -0.115. The number of nitrogens with zero attached hydrogens (tertiary/aromatic N) is 3. The van der Waals surface area contributed by atoms with Crippen molar-refractivity contribution in [2.24, 2.45) is 0 Å². The molecule has 0 bridgehead atoms. The summed E-state index contributed by atoms with van der Waals surface area (Å²) in [5.41, 5.74) is 2.55. The van der Waals surface area contributed by atoms with E-state index < -0.39 is 0 Å². The molecule has 0 atom stereocenters. The molecule has 0 saturated carbocycles. The Hall–Kier alpha value is -3.15. The van der Waals surface area contributed by atoms with E-state index in [2.05, 4.69) is 15.5 Å². The Morgan fingerprint density at radius 2 is 2.04 bits per heavy atom. The summed E-state index contributed by atoms with van der Waals surface area (Å²) in [6.45, 7) is 2.82. The van der Waals surface area contributed by atoms with Crippen LogP contribution in [0, 0.1) is 0 Å². The van der Waals surface area contributed by atoms with Crippen molar-refractivity contribution in [2.45, 2.75) is 19.9 Å². The summed E-state index contributed by atoms with van der Waals surface area (Å²) in [4.78, 5) is 12.3. The molecule has 0 aliphatic heterocycles. The summed E-state index contributed by atoms with van der Waals surface area (Å²) in [7, 11) is 1.61. The van der Waals surface area contributed by atoms with E-state index in [1.165, 1.54) is 0 Å². The zero-order chi connectivity index (χ0) is 17.6. The second-order valence-electron chi connectivity index (χ2n) is 5.60. The van der Waals surface area contributed by atoms with Crippen molar-refractivity contribution in [3.8, 4) is 17.1 Å². The fourth-order valence-electron chi connectivity index (χ4n) is 2.62. The van der Waals surface area contributed by atoms with Crippen LogP contribution in [-0.4, -0.2) is 27.8 Å². The van der Waals surface area contributed by atoms with Gasteiger partial charge in [-0.3, -0.25) is 4.79 Å². The summed E-state index contributed by atoms with van der Waals surface area (Å²) >= 11 is 0. The van der Waals surface area contributed by atoms with Gasteiger partial charge >= 0.3 is 0 Å². The van der Waals surface area contributed by atoms with Gasteiger partial charge in [-0.2, -0.15) is 0 Å². The molecule has 0 aliphatic carbocycles. The highest BCUT2D eigenvalue weighted by Gasteiger charge is 2.09. The van der Waals surface area contributed by atoms with Crippen molar-refractivity contribution in [1.29, 1.82) is 0 Å². The van der Waals surface area contributed by atoms with Crippen molar-refractivity contribution >= 4 is 11.6 Å². The third kappa shape index (κ3) is 4.03. The van der Waals surface area contributed by atoms with Crippen LogP contribution in [0.25, 0.3) is 11.4 Å². The van der Waals surface area contributed by atoms with Crippen molar-refractivity contribution < 1.29 is 9.53 Å². The Labute approximate surface area is 146 Å². The number of ether oxygens (including phenoxy) is 1. The topological polar surface area (TPSA) is 69.0 Å². The predicted octanol–water partition coefficient (Wildman–Crippen LogP) is 3.15. The summed E-state index contributed by atoms with van der Waals surface area (Å²) in [6.07, 6.45) is 1.98. The number of carbonyl (C=O) groups excluding carboxylic acids is 1. The predicted molar refractivity (Wildman–Crippen MR) is 96.5 cm³/mol. The zero-order valence-corrected chi connectivity index (χ0v) is 14.3. The first kappa shape index (κ1) is 16.7. The number of aromatic nitrogens is 3. The summed E-state index contributed by atoms with van der Waals surface area (Å²) in [6, 6.07) is 15.1. The van der Waals surface area contributed by atoms with E-state index in [0.717, 1.165) is 34.9 Å². The number of hydrogen-bond acceptors (Lipinski definition) is 4. The molecule has 0 unspecified atom stereocenters. The first-order valence-electron chi connectivity index (χ1n) is 8.10. The number of nitrogens with one attached hydrogen (secondary N) is 1. The molecule has 0 spiro atoms. The maximum Gasteiger partial charge on any atom is 0.228 e. The molecule has 1 heterocycles. The lowest BCUT2D eigenvalue weighted by atomic mass is 10.1. The molecule has 0 fully saturated rings. The third-order valence-electron chi connectivity index (χ3n) is 3.86. The van der Waals surface area contributed by atoms with Crippen molar-refractivity contribution in [2.75, 3.05) is 12.4 Å². The second kappa shape index (κ2) is 7.61. The zero-order valence-electron chi connectivity index (χ0n) is 14.3. The first-order valence-corrected chi connectivity index (χ1v) is 8.10. The van der Waals surface area contributed by atoms with E-state index in [4.69, 9.17) is 4.74 Å². The van der Waals surface area contributed by atoms with Gasteiger partial charge in [0.05, 0.1) is 13.5 Å². The van der Waals surface area contributed by atoms with E-state index in [1.54, 1.807) is 13.4 Å². The van der Waals surface area contributed by atoms with Crippen LogP contribution in [0.2, 0.25) is 0 Å². The molecule has 1 N–H and O–H groups in total. The highest BCUT2D eigenvalue weighted by atomic mass is 16.5. The Morgan fingerprint density at radius 1 is 1.20 bits per heavy atom. The number of methoxy groups -OCH3 is 1. The average Bonchev–Trinajstić information content (AvgIpc) is 3.10. The molecule has 0 radical (unpaired) electrons. The Bertz CT molecular complexity index is 873. The molecule has 0 saturated heterocycles. The Balaban J connectivity index is 1.72. The number of hydrogen-bond donors (Lipinski definition) is 1. The highest BCUT2D eigenvalue weighted by Crippen LogP contribution is 2.21. The van der Waals surface area contributed by atoms with Gasteiger partial charge in [-0.1, -0.05) is 24.3 Å². The number of amides is 1. The summed E-state index contributed by atoms with van der Waals surface area (Å²) in [5.74, 6) is 1.44. The van der Waals surface area contributed by atoms with Crippen LogP contribution in [0.3, 0.4) is 0 Å². The molecule has 6 heteroatoms. The standard InChI is InChI=1S/C19H20N4O2/c1-3-23-13-20-22-19(23)15-7-5-8-16(12-15)21-18(24)11-14-6-4-9-17(10-14)25-2/h4-10,12-13H,3,11H2,1-2H3,(H,21,24). The first-order chi connectivity index (χ1) is 12.2. The van der Waals surface area contributed by atoms with Gasteiger partial charge < -0.3 is 14.6 Å². The SMILES string of the molecule is CCn1cnnc1-c1cccc(NC(=O)Cc2cccc(OC)c2)c1. The maximum absolute atomic E-state index is 12.3. The van der Waals surface area contributed by atoms with Crippen molar-refractivity contribution in [3.05, 3.63) is 60.4 Å². The van der Waals surface area contributed by atoms with Gasteiger partial charge in [0.1, 0.15) is 12.1 Å². The third-order valence-corrected chi connectivity index (χ3v) is 3.86. The molecule has 3 aromatic rings. The van der Waals surface area contributed by atoms with Gasteiger partial charge in [0.15, 0.2) is 5.82 Å². The van der Waals surface area contributed by atoms with Crippen LogP contribution in [0.1, 0.15) is 12.5 Å². The fraction of sp³-hybridized carbons (Fsp3) is 0.211. The summed E-state index contributed by atoms with van der Waals surface area (Å²) in [5, 5.41) is 11.0.